The molecule has 17 heavy (non-hydrogen) atoms. The first-order valence-corrected chi connectivity index (χ1v) is 5.95. The highest BCUT2D eigenvalue weighted by atomic mass is 32.2. The molecule has 0 aromatic rings. The molecule has 1 unspecified atom stereocenters. The van der Waals surface area contributed by atoms with Crippen LogP contribution in [0.15, 0.2) is 0 Å². The molecule has 0 aliphatic rings. The number of halogens is 3. The number of amides is 1. The normalized spacial score (nSPS) is 14.1. The number of hydrogen-bond acceptors (Lipinski definition) is 4. The zero-order valence-corrected chi connectivity index (χ0v) is 9.43. The van der Waals surface area contributed by atoms with Gasteiger partial charge in [0.1, 0.15) is 12.3 Å². The van der Waals surface area contributed by atoms with Crippen LogP contribution in [0, 0.1) is 0 Å². The van der Waals surface area contributed by atoms with E-state index in [9.17, 15) is 31.2 Å². The number of alkyl halides is 3. The number of nitrogens with one attached hydrogen (secondary N) is 1. The molecular formula is C7H10F3NO5S. The fourth-order valence-corrected chi connectivity index (χ4v) is 1.74. The number of carbonyl (C=O) groups excluding carboxylic acids is 1. The molecule has 1 amide bonds. The maximum absolute atomic E-state index is 11.7. The topological polar surface area (TPSA) is 101 Å². The van der Waals surface area contributed by atoms with Gasteiger partial charge in [-0.2, -0.15) is 13.2 Å². The Balaban J connectivity index is 4.45. The Morgan fingerprint density at radius 2 is 1.82 bits per heavy atom. The third-order valence-electron chi connectivity index (χ3n) is 1.70. The monoisotopic (exact) mass is 277 g/mol. The first-order valence-electron chi connectivity index (χ1n) is 4.23. The second-order valence-corrected chi connectivity index (χ2v) is 5.50. The lowest BCUT2D eigenvalue weighted by Crippen LogP contribution is -2.40. The molecule has 0 aromatic carbocycles. The summed E-state index contributed by atoms with van der Waals surface area (Å²) in [5.74, 6) is -4.36. The van der Waals surface area contributed by atoms with Crippen molar-refractivity contribution in [2.24, 2.45) is 0 Å². The molecule has 0 fully saturated rings. The van der Waals surface area contributed by atoms with Crippen molar-refractivity contribution in [3.63, 3.8) is 0 Å². The lowest BCUT2D eigenvalue weighted by molar-refractivity contribution is -0.137. The van der Waals surface area contributed by atoms with Crippen LogP contribution >= 0.6 is 0 Å². The number of carbonyl (C=O) groups is 2. The Kier molecular flexibility index (Phi) is 4.93. The molecule has 6 nitrogen and oxygen atoms in total. The van der Waals surface area contributed by atoms with Gasteiger partial charge in [0.15, 0.2) is 15.1 Å². The third-order valence-corrected chi connectivity index (χ3v) is 3.65. The summed E-state index contributed by atoms with van der Waals surface area (Å²) >= 11 is 0. The fourth-order valence-electron chi connectivity index (χ4n) is 0.711. The van der Waals surface area contributed by atoms with E-state index >= 15 is 0 Å². The van der Waals surface area contributed by atoms with Crippen molar-refractivity contribution in [2.75, 3.05) is 12.3 Å². The predicted octanol–water partition coefficient (Wildman–Crippen LogP) is -0.447. The zero-order valence-electron chi connectivity index (χ0n) is 8.61. The SMILES string of the molecule is CC(C(=O)O)S(=O)(=O)CC(=O)NCC(F)(F)F. The van der Waals surface area contributed by atoms with Crippen LogP contribution in [-0.2, 0) is 19.4 Å². The van der Waals surface area contributed by atoms with E-state index in [4.69, 9.17) is 5.11 Å². The van der Waals surface area contributed by atoms with E-state index in [1.54, 1.807) is 0 Å². The minimum atomic E-state index is -4.65. The molecule has 0 saturated heterocycles. The van der Waals surface area contributed by atoms with Crippen molar-refractivity contribution in [1.82, 2.24) is 5.32 Å². The lowest BCUT2D eigenvalue weighted by Gasteiger charge is -2.10. The highest BCUT2D eigenvalue weighted by Crippen LogP contribution is 2.12. The van der Waals surface area contributed by atoms with Gasteiger partial charge < -0.3 is 10.4 Å². The van der Waals surface area contributed by atoms with Gasteiger partial charge in [-0.05, 0) is 6.92 Å². The second-order valence-electron chi connectivity index (χ2n) is 3.18. The molecule has 0 bridgehead atoms. The molecule has 0 radical (unpaired) electrons. The van der Waals surface area contributed by atoms with E-state index in [2.05, 4.69) is 0 Å². The molecule has 100 valence electrons. The maximum Gasteiger partial charge on any atom is 0.405 e. The van der Waals surface area contributed by atoms with Crippen molar-refractivity contribution < 1.29 is 36.3 Å². The van der Waals surface area contributed by atoms with Gasteiger partial charge in [0.25, 0.3) is 0 Å². The summed E-state index contributed by atoms with van der Waals surface area (Å²) in [7, 11) is -4.31. The van der Waals surface area contributed by atoms with Gasteiger partial charge in [0.05, 0.1) is 0 Å². The van der Waals surface area contributed by atoms with Crippen molar-refractivity contribution in [3.05, 3.63) is 0 Å². The van der Waals surface area contributed by atoms with Crippen LogP contribution in [-0.4, -0.2) is 49.1 Å². The number of hydrogen-bond donors (Lipinski definition) is 2. The van der Waals surface area contributed by atoms with Gasteiger partial charge in [-0.15, -0.1) is 0 Å². The van der Waals surface area contributed by atoms with Crippen LogP contribution in [0.25, 0.3) is 0 Å². The third kappa shape index (κ3) is 6.09. The highest BCUT2D eigenvalue weighted by Gasteiger charge is 2.32. The van der Waals surface area contributed by atoms with E-state index in [1.807, 2.05) is 0 Å². The number of carboxylic acids is 1. The van der Waals surface area contributed by atoms with E-state index in [0.717, 1.165) is 6.92 Å². The summed E-state index contributed by atoms with van der Waals surface area (Å²) in [5.41, 5.74) is 0. The van der Waals surface area contributed by atoms with Crippen molar-refractivity contribution in [3.8, 4) is 0 Å². The number of rotatable bonds is 5. The van der Waals surface area contributed by atoms with Gasteiger partial charge >= 0.3 is 12.1 Å². The smallest absolute Gasteiger partial charge is 0.405 e. The van der Waals surface area contributed by atoms with E-state index < -0.39 is 45.4 Å². The second kappa shape index (κ2) is 5.34. The van der Waals surface area contributed by atoms with Crippen molar-refractivity contribution in [2.45, 2.75) is 18.3 Å². The Morgan fingerprint density at radius 1 is 1.35 bits per heavy atom. The van der Waals surface area contributed by atoms with E-state index in [1.165, 1.54) is 5.32 Å². The van der Waals surface area contributed by atoms with Crippen LogP contribution in [0.2, 0.25) is 0 Å². The van der Waals surface area contributed by atoms with Crippen LogP contribution in [0.3, 0.4) is 0 Å². The summed E-state index contributed by atoms with van der Waals surface area (Å²) in [5, 5.41) is 7.89. The van der Waals surface area contributed by atoms with Gasteiger partial charge in [-0.1, -0.05) is 0 Å². The van der Waals surface area contributed by atoms with Crippen molar-refractivity contribution in [1.29, 1.82) is 0 Å². The summed E-state index contributed by atoms with van der Waals surface area (Å²) in [4.78, 5) is 21.2. The Hall–Kier alpha value is -1.32. The molecule has 0 rings (SSSR count). The van der Waals surface area contributed by atoms with Crippen LogP contribution in [0.4, 0.5) is 13.2 Å². The molecular weight excluding hydrogens is 267 g/mol. The van der Waals surface area contributed by atoms with Gasteiger partial charge in [-0.3, -0.25) is 9.59 Å². The summed E-state index contributed by atoms with van der Waals surface area (Å²) in [6.07, 6.45) is -4.65. The molecule has 0 aliphatic heterocycles. The summed E-state index contributed by atoms with van der Waals surface area (Å²) in [6, 6.07) is 0. The Bertz CT molecular complexity index is 402. The fraction of sp³-hybridized carbons (Fsp3) is 0.714. The Labute approximate surface area is 94.7 Å². The standard InChI is InChI=1S/C7H10F3NO5S/c1-4(6(13)14)17(15,16)2-5(12)11-3-7(8,9)10/h4H,2-3H2,1H3,(H,11,12)(H,13,14). The minimum Gasteiger partial charge on any atom is -0.480 e. The highest BCUT2D eigenvalue weighted by molar-refractivity contribution is 7.93. The average Bonchev–Trinajstić information content (AvgIpc) is 2.11. The molecule has 0 saturated carbocycles. The van der Waals surface area contributed by atoms with Crippen LogP contribution < -0.4 is 5.32 Å². The molecule has 10 heteroatoms. The van der Waals surface area contributed by atoms with E-state index in [0.29, 0.717) is 0 Å². The molecule has 0 spiro atoms. The number of aliphatic carboxylic acids is 1. The first kappa shape index (κ1) is 15.7. The minimum absolute atomic E-state index is 0.828. The van der Waals surface area contributed by atoms with Gasteiger partial charge in [0, 0.05) is 0 Å². The van der Waals surface area contributed by atoms with Gasteiger partial charge in [0.2, 0.25) is 5.91 Å². The molecule has 0 aliphatic carbocycles. The van der Waals surface area contributed by atoms with E-state index in [-0.39, 0.29) is 0 Å². The lowest BCUT2D eigenvalue weighted by atomic mass is 10.5. The molecule has 2 N–H and O–H groups in total. The molecule has 0 aromatic heterocycles. The molecule has 0 heterocycles. The largest absolute Gasteiger partial charge is 0.480 e. The first-order chi connectivity index (χ1) is 7.46. The predicted molar refractivity (Wildman–Crippen MR) is 49.9 cm³/mol. The van der Waals surface area contributed by atoms with Crippen LogP contribution in [0.1, 0.15) is 6.92 Å². The quantitative estimate of drug-likeness (QED) is 0.709. The van der Waals surface area contributed by atoms with Gasteiger partial charge in [-0.25, -0.2) is 8.42 Å². The maximum atomic E-state index is 11.7. The number of sulfone groups is 1. The van der Waals surface area contributed by atoms with Crippen LogP contribution in [0.5, 0.6) is 0 Å². The summed E-state index contributed by atoms with van der Waals surface area (Å²) in [6.45, 7) is -0.836. The van der Waals surface area contributed by atoms with Crippen molar-refractivity contribution >= 4 is 21.7 Å². The Morgan fingerprint density at radius 3 is 2.18 bits per heavy atom. The summed E-state index contributed by atoms with van der Waals surface area (Å²) < 4.78 is 57.4. The average molecular weight is 277 g/mol. The number of carboxylic acid groups (broad SMARTS) is 1. The molecule has 1 atom stereocenters. The zero-order chi connectivity index (χ0) is 13.9.